The van der Waals surface area contributed by atoms with E-state index in [2.05, 4.69) is 26.0 Å². The number of aryl methyl sites for hydroxylation is 1. The summed E-state index contributed by atoms with van der Waals surface area (Å²) in [4.78, 5) is 0. The zero-order valence-electron chi connectivity index (χ0n) is 9.49. The minimum Gasteiger partial charge on any atom is -0.315 e. The molecule has 1 aliphatic rings. The van der Waals surface area contributed by atoms with E-state index < -0.39 is 10.0 Å². The van der Waals surface area contributed by atoms with Crippen LogP contribution in [-0.2, 0) is 10.0 Å². The summed E-state index contributed by atoms with van der Waals surface area (Å²) in [7, 11) is -3.36. The minimum absolute atomic E-state index is 0.00920. The van der Waals surface area contributed by atoms with E-state index in [-0.39, 0.29) is 6.04 Å². The Hall–Kier alpha value is 0.0500. The Bertz CT molecular complexity index is 473. The molecule has 0 saturated carbocycles. The lowest BCUT2D eigenvalue weighted by atomic mass is 10.1. The highest BCUT2D eigenvalue weighted by molar-refractivity contribution is 9.11. The molecule has 0 bridgehead atoms. The summed E-state index contributed by atoms with van der Waals surface area (Å²) in [6, 6.07) is 1.71. The quantitative estimate of drug-likeness (QED) is 0.884. The van der Waals surface area contributed by atoms with Gasteiger partial charge in [-0.25, -0.2) is 13.1 Å². The van der Waals surface area contributed by atoms with Crippen molar-refractivity contribution in [1.82, 2.24) is 10.0 Å². The highest BCUT2D eigenvalue weighted by Gasteiger charge is 2.23. The highest BCUT2D eigenvalue weighted by atomic mass is 79.9. The Kier molecular flexibility index (Phi) is 4.25. The molecule has 0 aliphatic carbocycles. The molecule has 0 amide bonds. The maximum absolute atomic E-state index is 12.1. The number of halogens is 1. The molecule has 1 aromatic rings. The van der Waals surface area contributed by atoms with Crippen LogP contribution in [0.15, 0.2) is 14.1 Å². The van der Waals surface area contributed by atoms with Crippen molar-refractivity contribution >= 4 is 37.3 Å². The SMILES string of the molecule is Cc1cc(S(=O)(=O)N[C@H]2CCCNC2)sc1Br. The third-order valence-electron chi connectivity index (χ3n) is 2.72. The minimum atomic E-state index is -3.36. The molecule has 0 radical (unpaired) electrons. The van der Waals surface area contributed by atoms with Gasteiger partial charge in [-0.05, 0) is 53.9 Å². The Morgan fingerprint density at radius 3 is 2.88 bits per heavy atom. The number of piperidine rings is 1. The van der Waals surface area contributed by atoms with Crippen LogP contribution in [0.1, 0.15) is 18.4 Å². The van der Waals surface area contributed by atoms with E-state index in [0.717, 1.165) is 28.7 Å². The standard InChI is InChI=1S/C10H15BrN2O2S2/c1-7-5-9(16-10(7)11)17(14,15)13-8-3-2-4-12-6-8/h5,8,12-13H,2-4,6H2,1H3/t8-/m0/s1. The summed E-state index contributed by atoms with van der Waals surface area (Å²) in [6.07, 6.45) is 1.91. The van der Waals surface area contributed by atoms with E-state index in [0.29, 0.717) is 10.8 Å². The number of hydrogen-bond acceptors (Lipinski definition) is 4. The molecule has 0 unspecified atom stereocenters. The Labute approximate surface area is 114 Å². The first-order valence-electron chi connectivity index (χ1n) is 5.48. The molecule has 1 aliphatic heterocycles. The van der Waals surface area contributed by atoms with Gasteiger partial charge < -0.3 is 5.32 Å². The normalized spacial score (nSPS) is 21.6. The average Bonchev–Trinajstić information content (AvgIpc) is 2.61. The van der Waals surface area contributed by atoms with E-state index >= 15 is 0 Å². The van der Waals surface area contributed by atoms with E-state index in [4.69, 9.17) is 0 Å². The van der Waals surface area contributed by atoms with Gasteiger partial charge in [0, 0.05) is 12.6 Å². The van der Waals surface area contributed by atoms with Gasteiger partial charge in [0.1, 0.15) is 4.21 Å². The lowest BCUT2D eigenvalue weighted by molar-refractivity contribution is 0.429. The molecule has 4 nitrogen and oxygen atoms in total. The van der Waals surface area contributed by atoms with Gasteiger partial charge in [-0.2, -0.15) is 0 Å². The molecular weight excluding hydrogens is 324 g/mol. The summed E-state index contributed by atoms with van der Waals surface area (Å²) in [6.45, 7) is 3.58. The second-order valence-corrected chi connectivity index (χ2v) is 8.50. The molecule has 1 fully saturated rings. The molecule has 2 rings (SSSR count). The molecule has 96 valence electrons. The second-order valence-electron chi connectivity index (χ2n) is 4.19. The van der Waals surface area contributed by atoms with Gasteiger partial charge >= 0.3 is 0 Å². The van der Waals surface area contributed by atoms with Gasteiger partial charge in [0.2, 0.25) is 10.0 Å². The van der Waals surface area contributed by atoms with Crippen molar-refractivity contribution in [2.75, 3.05) is 13.1 Å². The van der Waals surface area contributed by atoms with Crippen molar-refractivity contribution in [2.24, 2.45) is 0 Å². The van der Waals surface area contributed by atoms with Gasteiger partial charge in [-0.3, -0.25) is 0 Å². The number of thiophene rings is 1. The molecule has 2 heterocycles. The Morgan fingerprint density at radius 1 is 1.59 bits per heavy atom. The van der Waals surface area contributed by atoms with Crippen molar-refractivity contribution in [3.05, 3.63) is 15.4 Å². The van der Waals surface area contributed by atoms with Crippen molar-refractivity contribution in [3.63, 3.8) is 0 Å². The summed E-state index contributed by atoms with van der Waals surface area (Å²) < 4.78 is 28.2. The van der Waals surface area contributed by atoms with Crippen LogP contribution in [0, 0.1) is 6.92 Å². The first kappa shape index (κ1) is 13.5. The van der Waals surface area contributed by atoms with Crippen molar-refractivity contribution in [2.45, 2.75) is 30.0 Å². The van der Waals surface area contributed by atoms with E-state index in [1.165, 1.54) is 11.3 Å². The zero-order chi connectivity index (χ0) is 12.5. The van der Waals surface area contributed by atoms with Crippen molar-refractivity contribution < 1.29 is 8.42 Å². The first-order chi connectivity index (χ1) is 7.99. The topological polar surface area (TPSA) is 58.2 Å². The molecule has 1 atom stereocenters. The largest absolute Gasteiger partial charge is 0.315 e. The summed E-state index contributed by atoms with van der Waals surface area (Å²) in [5.41, 5.74) is 0.956. The first-order valence-corrected chi connectivity index (χ1v) is 8.57. The fraction of sp³-hybridized carbons (Fsp3) is 0.600. The van der Waals surface area contributed by atoms with Crippen LogP contribution in [0.2, 0.25) is 0 Å². The van der Waals surface area contributed by atoms with Gasteiger partial charge in [0.15, 0.2) is 0 Å². The van der Waals surface area contributed by atoms with Crippen LogP contribution in [0.25, 0.3) is 0 Å². The van der Waals surface area contributed by atoms with Crippen LogP contribution in [-0.4, -0.2) is 27.5 Å². The summed E-state index contributed by atoms with van der Waals surface area (Å²) in [5.74, 6) is 0. The number of nitrogens with one attached hydrogen (secondary N) is 2. The van der Waals surface area contributed by atoms with E-state index in [9.17, 15) is 8.42 Å². The molecule has 0 spiro atoms. The smallest absolute Gasteiger partial charge is 0.250 e. The fourth-order valence-electron chi connectivity index (χ4n) is 1.79. The fourth-order valence-corrected chi connectivity index (χ4v) is 5.31. The maximum atomic E-state index is 12.1. The Morgan fingerprint density at radius 2 is 2.35 bits per heavy atom. The third kappa shape index (κ3) is 3.29. The molecular formula is C10H15BrN2O2S2. The highest BCUT2D eigenvalue weighted by Crippen LogP contribution is 2.30. The molecule has 2 N–H and O–H groups in total. The van der Waals surface area contributed by atoms with Crippen LogP contribution in [0.4, 0.5) is 0 Å². The monoisotopic (exact) mass is 338 g/mol. The average molecular weight is 339 g/mol. The molecule has 0 aromatic carbocycles. The van der Waals surface area contributed by atoms with Gasteiger partial charge in [0.25, 0.3) is 0 Å². The van der Waals surface area contributed by atoms with Gasteiger partial charge in [0.05, 0.1) is 3.79 Å². The van der Waals surface area contributed by atoms with Crippen LogP contribution in [0.5, 0.6) is 0 Å². The summed E-state index contributed by atoms with van der Waals surface area (Å²) >= 11 is 4.60. The zero-order valence-corrected chi connectivity index (χ0v) is 12.7. The van der Waals surface area contributed by atoms with E-state index in [1.807, 2.05) is 6.92 Å². The molecule has 7 heteroatoms. The third-order valence-corrected chi connectivity index (χ3v) is 6.85. The van der Waals surface area contributed by atoms with Crippen LogP contribution < -0.4 is 10.0 Å². The lowest BCUT2D eigenvalue weighted by Gasteiger charge is -2.23. The lowest BCUT2D eigenvalue weighted by Crippen LogP contribution is -2.45. The van der Waals surface area contributed by atoms with E-state index in [1.54, 1.807) is 6.07 Å². The van der Waals surface area contributed by atoms with Crippen molar-refractivity contribution in [1.29, 1.82) is 0 Å². The number of rotatable bonds is 3. The van der Waals surface area contributed by atoms with Crippen molar-refractivity contribution in [3.8, 4) is 0 Å². The molecule has 17 heavy (non-hydrogen) atoms. The predicted molar refractivity (Wildman–Crippen MR) is 73.0 cm³/mol. The van der Waals surface area contributed by atoms with Gasteiger partial charge in [-0.1, -0.05) is 0 Å². The molecule has 1 saturated heterocycles. The number of hydrogen-bond donors (Lipinski definition) is 2. The number of sulfonamides is 1. The second kappa shape index (κ2) is 5.36. The van der Waals surface area contributed by atoms with Crippen LogP contribution >= 0.6 is 27.3 Å². The van der Waals surface area contributed by atoms with Gasteiger partial charge in [-0.15, -0.1) is 11.3 Å². The molecule has 1 aromatic heterocycles. The maximum Gasteiger partial charge on any atom is 0.250 e. The summed E-state index contributed by atoms with van der Waals surface area (Å²) in [5, 5.41) is 3.19. The Balaban J connectivity index is 2.12. The predicted octanol–water partition coefficient (Wildman–Crippen LogP) is 1.85. The van der Waals surface area contributed by atoms with Crippen LogP contribution in [0.3, 0.4) is 0 Å².